The van der Waals surface area contributed by atoms with Crippen molar-refractivity contribution >= 4 is 11.9 Å². The standard InChI is InChI=1S/C19H24O2/c20-18-12-6-4-8-15(18)14-16-9-5-7-13-19(16)21-17-10-2-1-3-11-17/h5,7,9,13-14,17H,1-4,6,8,10-12H2/b15-14+. The van der Waals surface area contributed by atoms with E-state index in [-0.39, 0.29) is 0 Å². The fourth-order valence-corrected chi connectivity index (χ4v) is 3.31. The summed E-state index contributed by atoms with van der Waals surface area (Å²) in [6, 6.07) is 8.14. The minimum Gasteiger partial charge on any atom is -0.490 e. The Hall–Kier alpha value is -1.57. The molecule has 1 aromatic carbocycles. The number of benzene rings is 1. The lowest BCUT2D eigenvalue weighted by atomic mass is 9.92. The molecule has 0 atom stereocenters. The lowest BCUT2D eigenvalue weighted by molar-refractivity contribution is -0.116. The summed E-state index contributed by atoms with van der Waals surface area (Å²) in [5.74, 6) is 1.25. The van der Waals surface area contributed by atoms with Crippen molar-refractivity contribution in [3.63, 3.8) is 0 Å². The molecule has 2 fully saturated rings. The molecule has 0 unspecified atom stereocenters. The molecule has 2 aliphatic carbocycles. The zero-order valence-corrected chi connectivity index (χ0v) is 12.6. The zero-order chi connectivity index (χ0) is 14.5. The summed E-state index contributed by atoms with van der Waals surface area (Å²) in [6.45, 7) is 0. The van der Waals surface area contributed by atoms with E-state index in [9.17, 15) is 4.79 Å². The van der Waals surface area contributed by atoms with Crippen LogP contribution >= 0.6 is 0 Å². The number of Topliss-reactive ketones (excluding diaryl/α,β-unsaturated/α-hetero) is 1. The van der Waals surface area contributed by atoms with E-state index in [0.717, 1.165) is 49.0 Å². The summed E-state index contributed by atoms with van der Waals surface area (Å²) in [5.41, 5.74) is 2.04. The van der Waals surface area contributed by atoms with Gasteiger partial charge in [-0.05, 0) is 62.7 Å². The van der Waals surface area contributed by atoms with Crippen molar-refractivity contribution in [1.29, 1.82) is 0 Å². The van der Waals surface area contributed by atoms with E-state index >= 15 is 0 Å². The van der Waals surface area contributed by atoms with Crippen molar-refractivity contribution in [2.75, 3.05) is 0 Å². The quantitative estimate of drug-likeness (QED) is 0.736. The lowest BCUT2D eigenvalue weighted by Crippen LogP contribution is -2.20. The van der Waals surface area contributed by atoms with Gasteiger partial charge in [-0.25, -0.2) is 0 Å². The Bertz CT molecular complexity index is 524. The van der Waals surface area contributed by atoms with Gasteiger partial charge in [0.2, 0.25) is 0 Å². The minimum absolute atomic E-state index is 0.314. The van der Waals surface area contributed by atoms with Crippen LogP contribution in [0.2, 0.25) is 0 Å². The van der Waals surface area contributed by atoms with Gasteiger partial charge in [-0.2, -0.15) is 0 Å². The van der Waals surface area contributed by atoms with Gasteiger partial charge in [0.05, 0.1) is 6.10 Å². The van der Waals surface area contributed by atoms with Gasteiger partial charge in [-0.1, -0.05) is 24.6 Å². The second-order valence-corrected chi connectivity index (χ2v) is 6.22. The number of carbonyl (C=O) groups is 1. The van der Waals surface area contributed by atoms with Gasteiger partial charge < -0.3 is 4.74 Å². The summed E-state index contributed by atoms with van der Waals surface area (Å²) in [4.78, 5) is 12.0. The van der Waals surface area contributed by atoms with Crippen molar-refractivity contribution in [2.45, 2.75) is 63.9 Å². The minimum atomic E-state index is 0.314. The highest BCUT2D eigenvalue weighted by molar-refractivity contribution is 6.00. The molecule has 0 aromatic heterocycles. The number of allylic oxidation sites excluding steroid dienone is 1. The Balaban J connectivity index is 1.78. The number of ether oxygens (including phenoxy) is 1. The molecule has 2 aliphatic rings. The monoisotopic (exact) mass is 284 g/mol. The molecular formula is C19H24O2. The molecule has 2 saturated carbocycles. The first-order chi connectivity index (χ1) is 10.3. The normalized spacial score (nSPS) is 22.5. The molecular weight excluding hydrogens is 260 g/mol. The Labute approximate surface area is 127 Å². The molecule has 1 aromatic rings. The van der Waals surface area contributed by atoms with Gasteiger partial charge in [-0.3, -0.25) is 4.79 Å². The predicted octanol–water partition coefficient (Wildman–Crippen LogP) is 4.92. The van der Waals surface area contributed by atoms with Crippen molar-refractivity contribution < 1.29 is 9.53 Å². The summed E-state index contributed by atoms with van der Waals surface area (Å²) >= 11 is 0. The van der Waals surface area contributed by atoms with Gasteiger partial charge in [0.15, 0.2) is 5.78 Å². The number of para-hydroxylation sites is 1. The fourth-order valence-electron chi connectivity index (χ4n) is 3.31. The topological polar surface area (TPSA) is 26.3 Å². The van der Waals surface area contributed by atoms with E-state index in [2.05, 4.69) is 12.1 Å². The highest BCUT2D eigenvalue weighted by Gasteiger charge is 2.18. The first-order valence-corrected chi connectivity index (χ1v) is 8.32. The molecule has 0 bridgehead atoms. The van der Waals surface area contributed by atoms with Gasteiger partial charge in [-0.15, -0.1) is 0 Å². The third-order valence-electron chi connectivity index (χ3n) is 4.55. The van der Waals surface area contributed by atoms with E-state index in [4.69, 9.17) is 4.74 Å². The predicted molar refractivity (Wildman–Crippen MR) is 85.4 cm³/mol. The number of carbonyl (C=O) groups excluding carboxylic acids is 1. The van der Waals surface area contributed by atoms with Gasteiger partial charge >= 0.3 is 0 Å². The molecule has 0 heterocycles. The summed E-state index contributed by atoms with van der Waals surface area (Å²) in [5, 5.41) is 0. The Morgan fingerprint density at radius 2 is 1.71 bits per heavy atom. The average molecular weight is 284 g/mol. The highest BCUT2D eigenvalue weighted by Crippen LogP contribution is 2.29. The van der Waals surface area contributed by atoms with Crippen LogP contribution in [0.5, 0.6) is 5.75 Å². The third kappa shape index (κ3) is 3.75. The van der Waals surface area contributed by atoms with Gasteiger partial charge in [0.1, 0.15) is 5.75 Å². The molecule has 21 heavy (non-hydrogen) atoms. The fraction of sp³-hybridized carbons (Fsp3) is 0.526. The molecule has 0 spiro atoms. The summed E-state index contributed by atoms with van der Waals surface area (Å²) in [6.07, 6.45) is 12.4. The number of hydrogen-bond donors (Lipinski definition) is 0. The molecule has 0 N–H and O–H groups in total. The van der Waals surface area contributed by atoms with Crippen molar-refractivity contribution in [1.82, 2.24) is 0 Å². The van der Waals surface area contributed by atoms with Crippen LogP contribution in [0.25, 0.3) is 6.08 Å². The van der Waals surface area contributed by atoms with E-state index in [0.29, 0.717) is 18.3 Å². The first-order valence-electron chi connectivity index (χ1n) is 8.32. The second kappa shape index (κ2) is 6.93. The van der Waals surface area contributed by atoms with Crippen LogP contribution in [0.4, 0.5) is 0 Å². The second-order valence-electron chi connectivity index (χ2n) is 6.22. The van der Waals surface area contributed by atoms with Gasteiger partial charge in [0, 0.05) is 12.0 Å². The van der Waals surface area contributed by atoms with Crippen LogP contribution < -0.4 is 4.74 Å². The Morgan fingerprint density at radius 3 is 2.52 bits per heavy atom. The summed E-state index contributed by atoms with van der Waals surface area (Å²) in [7, 11) is 0. The molecule has 0 amide bonds. The first kappa shape index (κ1) is 14.4. The lowest BCUT2D eigenvalue weighted by Gasteiger charge is -2.24. The molecule has 2 nitrogen and oxygen atoms in total. The third-order valence-corrected chi connectivity index (χ3v) is 4.55. The summed E-state index contributed by atoms with van der Waals surface area (Å²) < 4.78 is 6.21. The average Bonchev–Trinajstić information content (AvgIpc) is 2.52. The molecule has 2 heteroatoms. The zero-order valence-electron chi connectivity index (χ0n) is 12.6. The number of hydrogen-bond acceptors (Lipinski definition) is 2. The van der Waals surface area contributed by atoms with E-state index in [1.54, 1.807) is 0 Å². The van der Waals surface area contributed by atoms with Crippen LogP contribution in [0, 0.1) is 0 Å². The van der Waals surface area contributed by atoms with Crippen LogP contribution in [-0.2, 0) is 4.79 Å². The van der Waals surface area contributed by atoms with E-state index in [1.807, 2.05) is 18.2 Å². The van der Waals surface area contributed by atoms with Crippen molar-refractivity contribution in [3.05, 3.63) is 35.4 Å². The van der Waals surface area contributed by atoms with E-state index in [1.165, 1.54) is 19.3 Å². The van der Waals surface area contributed by atoms with Crippen LogP contribution in [0.3, 0.4) is 0 Å². The van der Waals surface area contributed by atoms with Crippen molar-refractivity contribution in [3.8, 4) is 5.75 Å². The smallest absolute Gasteiger partial charge is 0.158 e. The van der Waals surface area contributed by atoms with Crippen LogP contribution in [0.15, 0.2) is 29.8 Å². The molecule has 0 aliphatic heterocycles. The number of ketones is 1. The molecule has 0 saturated heterocycles. The maximum Gasteiger partial charge on any atom is 0.158 e. The SMILES string of the molecule is O=C1CCCC/C1=C\c1ccccc1OC1CCCCC1. The van der Waals surface area contributed by atoms with Crippen LogP contribution in [0.1, 0.15) is 63.4 Å². The molecule has 0 radical (unpaired) electrons. The maximum atomic E-state index is 12.0. The maximum absolute atomic E-state index is 12.0. The Kier molecular flexibility index (Phi) is 4.74. The van der Waals surface area contributed by atoms with E-state index < -0.39 is 0 Å². The van der Waals surface area contributed by atoms with Crippen LogP contribution in [-0.4, -0.2) is 11.9 Å². The molecule has 112 valence electrons. The highest BCUT2D eigenvalue weighted by atomic mass is 16.5. The largest absolute Gasteiger partial charge is 0.490 e. The van der Waals surface area contributed by atoms with Gasteiger partial charge in [0.25, 0.3) is 0 Å². The molecule has 3 rings (SSSR count). The number of rotatable bonds is 3. The Morgan fingerprint density at radius 1 is 0.952 bits per heavy atom. The van der Waals surface area contributed by atoms with Crippen molar-refractivity contribution in [2.24, 2.45) is 0 Å².